The second-order valence-corrected chi connectivity index (χ2v) is 7.47. The number of hydrogen-bond acceptors (Lipinski definition) is 3. The van der Waals surface area contributed by atoms with E-state index in [9.17, 15) is 4.79 Å². The van der Waals surface area contributed by atoms with E-state index in [1.807, 2.05) is 30.3 Å². The zero-order valence-electron chi connectivity index (χ0n) is 15.7. The van der Waals surface area contributed by atoms with E-state index < -0.39 is 0 Å². The molecule has 1 aliphatic carbocycles. The first-order chi connectivity index (χ1) is 13.7. The molecule has 0 saturated carbocycles. The number of halogens is 1. The molecule has 0 saturated heterocycles. The fourth-order valence-corrected chi connectivity index (χ4v) is 3.98. The summed E-state index contributed by atoms with van der Waals surface area (Å²) in [4.78, 5) is 16.4. The zero-order valence-corrected chi connectivity index (χ0v) is 16.5. The molecule has 2 aromatic heterocycles. The maximum atomic E-state index is 12.3. The monoisotopic (exact) mass is 394 g/mol. The molecule has 1 aromatic carbocycles. The number of nitrogens with one attached hydrogen (secondary N) is 1. The van der Waals surface area contributed by atoms with Crippen LogP contribution >= 0.6 is 11.6 Å². The summed E-state index contributed by atoms with van der Waals surface area (Å²) in [5.74, 6) is -0.0246. The molecule has 1 N–H and O–H groups in total. The molecular formula is C22H23ClN4O. The highest BCUT2D eigenvalue weighted by molar-refractivity contribution is 6.31. The number of hydrogen-bond donors (Lipinski definition) is 1. The maximum Gasteiger partial charge on any atom is 0.224 e. The summed E-state index contributed by atoms with van der Waals surface area (Å²) in [5.41, 5.74) is 5.66. The van der Waals surface area contributed by atoms with Gasteiger partial charge in [-0.05, 0) is 49.4 Å². The Bertz CT molecular complexity index is 968. The number of carbonyl (C=O) groups is 1. The second kappa shape index (κ2) is 8.57. The van der Waals surface area contributed by atoms with Crippen molar-refractivity contribution in [1.29, 1.82) is 0 Å². The molecule has 28 heavy (non-hydrogen) atoms. The third-order valence-corrected chi connectivity index (χ3v) is 5.53. The van der Waals surface area contributed by atoms with Crippen LogP contribution in [0.3, 0.4) is 0 Å². The van der Waals surface area contributed by atoms with Crippen LogP contribution in [0.5, 0.6) is 0 Å². The smallest absolute Gasteiger partial charge is 0.224 e. The Hall–Kier alpha value is -2.66. The third-order valence-electron chi connectivity index (χ3n) is 5.17. The molecule has 1 amide bonds. The van der Waals surface area contributed by atoms with Crippen molar-refractivity contribution in [1.82, 2.24) is 20.1 Å². The van der Waals surface area contributed by atoms with Gasteiger partial charge in [-0.25, -0.2) is 0 Å². The first-order valence-corrected chi connectivity index (χ1v) is 10.1. The minimum atomic E-state index is -0.0246. The Morgan fingerprint density at radius 1 is 1.11 bits per heavy atom. The van der Waals surface area contributed by atoms with Crippen molar-refractivity contribution in [3.63, 3.8) is 0 Å². The van der Waals surface area contributed by atoms with E-state index in [1.165, 1.54) is 24.1 Å². The van der Waals surface area contributed by atoms with Crippen molar-refractivity contribution in [2.75, 3.05) is 6.54 Å². The van der Waals surface area contributed by atoms with Gasteiger partial charge in [-0.2, -0.15) is 5.10 Å². The molecule has 0 spiro atoms. The molecule has 3 aromatic rings. The van der Waals surface area contributed by atoms with Gasteiger partial charge in [0.25, 0.3) is 0 Å². The second-order valence-electron chi connectivity index (χ2n) is 7.06. The molecule has 0 unspecified atom stereocenters. The average Bonchev–Trinajstić information content (AvgIpc) is 3.09. The molecular weight excluding hydrogens is 372 g/mol. The first kappa shape index (κ1) is 18.7. The summed E-state index contributed by atoms with van der Waals surface area (Å²) in [6, 6.07) is 11.5. The topological polar surface area (TPSA) is 59.8 Å². The Morgan fingerprint density at radius 2 is 1.89 bits per heavy atom. The summed E-state index contributed by atoms with van der Waals surface area (Å²) in [6.07, 6.45) is 8.39. The van der Waals surface area contributed by atoms with Crippen LogP contribution in [0.15, 0.2) is 48.8 Å². The highest BCUT2D eigenvalue weighted by Gasteiger charge is 2.21. The van der Waals surface area contributed by atoms with Gasteiger partial charge in [-0.15, -0.1) is 0 Å². The molecule has 2 heterocycles. The lowest BCUT2D eigenvalue weighted by atomic mass is 9.94. The van der Waals surface area contributed by atoms with Crippen LogP contribution in [0, 0.1) is 0 Å². The van der Waals surface area contributed by atoms with Gasteiger partial charge in [0.05, 0.1) is 18.7 Å². The van der Waals surface area contributed by atoms with E-state index in [-0.39, 0.29) is 5.91 Å². The van der Waals surface area contributed by atoms with Gasteiger partial charge in [0, 0.05) is 40.8 Å². The standard InChI is InChI=1S/C22H23ClN4O/c23-19-7-3-1-5-17(19)15-21(28)25-13-14-27-20-8-4-2-6-18(20)22(26-27)16-9-11-24-12-10-16/h1,3,5,7,9-12H,2,4,6,8,13-15H2,(H,25,28). The number of aromatic nitrogens is 3. The van der Waals surface area contributed by atoms with Gasteiger partial charge < -0.3 is 5.32 Å². The number of pyridine rings is 1. The maximum absolute atomic E-state index is 12.3. The molecule has 6 heteroatoms. The molecule has 0 atom stereocenters. The summed E-state index contributed by atoms with van der Waals surface area (Å²) < 4.78 is 2.07. The fraction of sp³-hybridized carbons (Fsp3) is 0.318. The summed E-state index contributed by atoms with van der Waals surface area (Å²) in [6.45, 7) is 1.22. The zero-order chi connectivity index (χ0) is 19.3. The van der Waals surface area contributed by atoms with Crippen molar-refractivity contribution in [3.05, 3.63) is 70.6 Å². The van der Waals surface area contributed by atoms with Gasteiger partial charge >= 0.3 is 0 Å². The fourth-order valence-electron chi connectivity index (χ4n) is 3.78. The number of carbonyl (C=O) groups excluding carboxylic acids is 1. The predicted molar refractivity (Wildman–Crippen MR) is 110 cm³/mol. The van der Waals surface area contributed by atoms with Crippen molar-refractivity contribution < 1.29 is 4.79 Å². The van der Waals surface area contributed by atoms with E-state index in [4.69, 9.17) is 16.7 Å². The average molecular weight is 395 g/mol. The molecule has 0 radical (unpaired) electrons. The lowest BCUT2D eigenvalue weighted by Gasteiger charge is -2.14. The summed E-state index contributed by atoms with van der Waals surface area (Å²) >= 11 is 6.14. The van der Waals surface area contributed by atoms with Gasteiger partial charge in [-0.3, -0.25) is 14.5 Å². The molecule has 0 bridgehead atoms. The molecule has 144 valence electrons. The quantitative estimate of drug-likeness (QED) is 0.691. The van der Waals surface area contributed by atoms with Crippen LogP contribution in [-0.2, 0) is 30.6 Å². The van der Waals surface area contributed by atoms with Crippen molar-refractivity contribution in [2.24, 2.45) is 0 Å². The molecule has 5 nitrogen and oxygen atoms in total. The SMILES string of the molecule is O=C(Cc1ccccc1Cl)NCCn1nc(-c2ccncc2)c2c1CCCC2. The van der Waals surface area contributed by atoms with Crippen LogP contribution in [0.4, 0.5) is 0 Å². The van der Waals surface area contributed by atoms with Gasteiger partial charge in [-0.1, -0.05) is 29.8 Å². The number of nitrogens with zero attached hydrogens (tertiary/aromatic N) is 3. The van der Waals surface area contributed by atoms with Crippen molar-refractivity contribution >= 4 is 17.5 Å². The Kier molecular flexibility index (Phi) is 5.72. The van der Waals surface area contributed by atoms with Gasteiger partial charge in [0.1, 0.15) is 0 Å². The molecule has 0 fully saturated rings. The van der Waals surface area contributed by atoms with Crippen LogP contribution in [0.2, 0.25) is 5.02 Å². The van der Waals surface area contributed by atoms with E-state index in [0.29, 0.717) is 24.5 Å². The van der Waals surface area contributed by atoms with Crippen molar-refractivity contribution in [2.45, 2.75) is 38.6 Å². The lowest BCUT2D eigenvalue weighted by molar-refractivity contribution is -0.120. The largest absolute Gasteiger partial charge is 0.354 e. The Balaban J connectivity index is 1.43. The van der Waals surface area contributed by atoms with Crippen LogP contribution in [0.25, 0.3) is 11.3 Å². The normalized spacial score (nSPS) is 13.2. The molecule has 0 aliphatic heterocycles. The minimum absolute atomic E-state index is 0.0246. The first-order valence-electron chi connectivity index (χ1n) is 9.71. The van der Waals surface area contributed by atoms with Crippen LogP contribution in [0.1, 0.15) is 29.7 Å². The third kappa shape index (κ3) is 4.09. The van der Waals surface area contributed by atoms with E-state index >= 15 is 0 Å². The number of benzene rings is 1. The minimum Gasteiger partial charge on any atom is -0.354 e. The van der Waals surface area contributed by atoms with E-state index in [0.717, 1.165) is 29.7 Å². The summed E-state index contributed by atoms with van der Waals surface area (Å²) in [5, 5.41) is 8.49. The highest BCUT2D eigenvalue weighted by Crippen LogP contribution is 2.30. The van der Waals surface area contributed by atoms with E-state index in [2.05, 4.69) is 15.0 Å². The van der Waals surface area contributed by atoms with Crippen molar-refractivity contribution in [3.8, 4) is 11.3 Å². The number of amides is 1. The summed E-state index contributed by atoms with van der Waals surface area (Å²) in [7, 11) is 0. The number of rotatable bonds is 6. The highest BCUT2D eigenvalue weighted by atomic mass is 35.5. The lowest BCUT2D eigenvalue weighted by Crippen LogP contribution is -2.29. The molecule has 1 aliphatic rings. The molecule has 4 rings (SSSR count). The van der Waals surface area contributed by atoms with Gasteiger partial charge in [0.2, 0.25) is 5.91 Å². The Morgan fingerprint density at radius 3 is 2.71 bits per heavy atom. The number of fused-ring (bicyclic) bond motifs is 1. The van der Waals surface area contributed by atoms with Crippen LogP contribution in [-0.4, -0.2) is 27.2 Å². The Labute approximate surface area is 169 Å². The van der Waals surface area contributed by atoms with Crippen LogP contribution < -0.4 is 5.32 Å². The van der Waals surface area contributed by atoms with E-state index in [1.54, 1.807) is 18.5 Å². The van der Waals surface area contributed by atoms with Gasteiger partial charge in [0.15, 0.2) is 0 Å². The predicted octanol–water partition coefficient (Wildman–Crippen LogP) is 3.84.